The number of aromatic nitrogens is 1. The number of carbonyl (C=O) groups is 1. The first-order chi connectivity index (χ1) is 10.7. The van der Waals surface area contributed by atoms with Crippen LogP contribution in [0.3, 0.4) is 0 Å². The Labute approximate surface area is 128 Å². The van der Waals surface area contributed by atoms with E-state index in [1.807, 2.05) is 6.07 Å². The lowest BCUT2D eigenvalue weighted by Gasteiger charge is -2.13. The van der Waals surface area contributed by atoms with Crippen LogP contribution in [0.25, 0.3) is 0 Å². The second-order valence-corrected chi connectivity index (χ2v) is 5.49. The number of pyridine rings is 1. The molecule has 0 aliphatic heterocycles. The molecule has 0 spiro atoms. The molecular formula is C17H18FN3O. The van der Waals surface area contributed by atoms with Crippen molar-refractivity contribution in [3.63, 3.8) is 0 Å². The zero-order chi connectivity index (χ0) is 15.4. The second-order valence-electron chi connectivity index (χ2n) is 5.49. The molecule has 2 aromatic rings. The Morgan fingerprint density at radius 3 is 2.59 bits per heavy atom. The maximum Gasteiger partial charge on any atom is 0.259 e. The Kier molecular flexibility index (Phi) is 4.32. The minimum Gasteiger partial charge on any atom is -0.381 e. The van der Waals surface area contributed by atoms with Crippen LogP contribution in [0.5, 0.6) is 0 Å². The Balaban J connectivity index is 1.63. The van der Waals surface area contributed by atoms with E-state index in [9.17, 15) is 9.18 Å². The lowest BCUT2D eigenvalue weighted by molar-refractivity contribution is 0.102. The van der Waals surface area contributed by atoms with Crippen LogP contribution in [0, 0.1) is 5.82 Å². The van der Waals surface area contributed by atoms with Crippen LogP contribution in [0.1, 0.15) is 36.0 Å². The standard InChI is InChI=1S/C17H18FN3O/c18-15-8-4-3-7-14(15)17(22)21-16-10-9-13(11-19-16)20-12-5-1-2-6-12/h3-4,7-12,20H,1-2,5-6H2,(H,19,21,22). The van der Waals surface area contributed by atoms with E-state index in [-0.39, 0.29) is 5.56 Å². The molecule has 1 amide bonds. The minimum atomic E-state index is -0.542. The van der Waals surface area contributed by atoms with Gasteiger partial charge < -0.3 is 10.6 Å². The van der Waals surface area contributed by atoms with E-state index < -0.39 is 11.7 Å². The average Bonchev–Trinajstić information content (AvgIpc) is 3.02. The van der Waals surface area contributed by atoms with Crippen LogP contribution in [0.4, 0.5) is 15.9 Å². The number of anilines is 2. The van der Waals surface area contributed by atoms with Gasteiger partial charge in [0.1, 0.15) is 11.6 Å². The Morgan fingerprint density at radius 1 is 1.14 bits per heavy atom. The van der Waals surface area contributed by atoms with Gasteiger partial charge in [0.15, 0.2) is 0 Å². The monoisotopic (exact) mass is 299 g/mol. The highest BCUT2D eigenvalue weighted by Crippen LogP contribution is 2.22. The van der Waals surface area contributed by atoms with E-state index in [1.165, 1.54) is 37.8 Å². The zero-order valence-electron chi connectivity index (χ0n) is 12.2. The van der Waals surface area contributed by atoms with Gasteiger partial charge in [-0.15, -0.1) is 0 Å². The average molecular weight is 299 g/mol. The SMILES string of the molecule is O=C(Nc1ccc(NC2CCCC2)cn1)c1ccccc1F. The van der Waals surface area contributed by atoms with Crippen LogP contribution in [-0.4, -0.2) is 16.9 Å². The lowest BCUT2D eigenvalue weighted by Crippen LogP contribution is -2.16. The molecule has 0 saturated heterocycles. The predicted molar refractivity (Wildman–Crippen MR) is 84.5 cm³/mol. The third kappa shape index (κ3) is 3.42. The maximum atomic E-state index is 13.5. The van der Waals surface area contributed by atoms with Crippen molar-refractivity contribution < 1.29 is 9.18 Å². The number of halogens is 1. The molecule has 0 atom stereocenters. The van der Waals surface area contributed by atoms with Crippen molar-refractivity contribution in [1.82, 2.24) is 4.98 Å². The van der Waals surface area contributed by atoms with Gasteiger partial charge in [-0.25, -0.2) is 9.37 Å². The number of amides is 1. The maximum absolute atomic E-state index is 13.5. The van der Waals surface area contributed by atoms with Crippen LogP contribution < -0.4 is 10.6 Å². The molecule has 0 unspecified atom stereocenters. The quantitative estimate of drug-likeness (QED) is 0.902. The van der Waals surface area contributed by atoms with Crippen LogP contribution >= 0.6 is 0 Å². The number of carbonyl (C=O) groups excluding carboxylic acids is 1. The van der Waals surface area contributed by atoms with Gasteiger partial charge in [0.2, 0.25) is 0 Å². The number of nitrogens with zero attached hydrogens (tertiary/aromatic N) is 1. The number of nitrogens with one attached hydrogen (secondary N) is 2. The molecule has 0 radical (unpaired) electrons. The molecule has 1 aromatic heterocycles. The summed E-state index contributed by atoms with van der Waals surface area (Å²) in [6, 6.07) is 9.99. The summed E-state index contributed by atoms with van der Waals surface area (Å²) in [6.07, 6.45) is 6.59. The summed E-state index contributed by atoms with van der Waals surface area (Å²) in [4.78, 5) is 16.2. The van der Waals surface area contributed by atoms with Gasteiger partial charge in [-0.2, -0.15) is 0 Å². The molecule has 1 fully saturated rings. The fourth-order valence-corrected chi connectivity index (χ4v) is 2.69. The topological polar surface area (TPSA) is 54.0 Å². The molecule has 4 nitrogen and oxygen atoms in total. The lowest BCUT2D eigenvalue weighted by atomic mass is 10.2. The van der Waals surface area contributed by atoms with Gasteiger partial charge in [0.05, 0.1) is 17.4 Å². The summed E-state index contributed by atoms with van der Waals surface area (Å²) in [7, 11) is 0. The van der Waals surface area contributed by atoms with Crippen molar-refractivity contribution in [1.29, 1.82) is 0 Å². The van der Waals surface area contributed by atoms with Crippen molar-refractivity contribution in [2.45, 2.75) is 31.7 Å². The number of hydrogen-bond acceptors (Lipinski definition) is 3. The molecule has 0 bridgehead atoms. The minimum absolute atomic E-state index is 0.0115. The molecular weight excluding hydrogens is 281 g/mol. The van der Waals surface area contributed by atoms with E-state index in [0.29, 0.717) is 11.9 Å². The third-order valence-corrected chi connectivity index (χ3v) is 3.85. The normalized spacial score (nSPS) is 14.8. The molecule has 114 valence electrons. The summed E-state index contributed by atoms with van der Waals surface area (Å²) in [5, 5.41) is 6.03. The predicted octanol–water partition coefficient (Wildman–Crippen LogP) is 3.83. The fourth-order valence-electron chi connectivity index (χ4n) is 2.69. The van der Waals surface area contributed by atoms with Crippen LogP contribution in [-0.2, 0) is 0 Å². The van der Waals surface area contributed by atoms with Crippen molar-refractivity contribution in [2.75, 3.05) is 10.6 Å². The Morgan fingerprint density at radius 2 is 1.91 bits per heavy atom. The molecule has 1 saturated carbocycles. The fraction of sp³-hybridized carbons (Fsp3) is 0.294. The van der Waals surface area contributed by atoms with Gasteiger partial charge in [0.25, 0.3) is 5.91 Å². The second kappa shape index (κ2) is 6.56. The van der Waals surface area contributed by atoms with E-state index in [0.717, 1.165) is 5.69 Å². The number of hydrogen-bond donors (Lipinski definition) is 2. The zero-order valence-corrected chi connectivity index (χ0v) is 12.2. The molecule has 1 aliphatic rings. The third-order valence-electron chi connectivity index (χ3n) is 3.85. The molecule has 5 heteroatoms. The Hall–Kier alpha value is -2.43. The molecule has 1 aliphatic carbocycles. The number of rotatable bonds is 4. The van der Waals surface area contributed by atoms with Crippen molar-refractivity contribution in [3.05, 3.63) is 54.0 Å². The van der Waals surface area contributed by atoms with Gasteiger partial charge in [-0.05, 0) is 37.1 Å². The van der Waals surface area contributed by atoms with E-state index in [1.54, 1.807) is 24.4 Å². The first kappa shape index (κ1) is 14.5. The van der Waals surface area contributed by atoms with Crippen molar-refractivity contribution in [2.24, 2.45) is 0 Å². The summed E-state index contributed by atoms with van der Waals surface area (Å²) in [5.74, 6) is -0.633. The summed E-state index contributed by atoms with van der Waals surface area (Å²) < 4.78 is 13.5. The largest absolute Gasteiger partial charge is 0.381 e. The van der Waals surface area contributed by atoms with E-state index >= 15 is 0 Å². The van der Waals surface area contributed by atoms with Crippen molar-refractivity contribution >= 4 is 17.4 Å². The molecule has 3 rings (SSSR count). The molecule has 22 heavy (non-hydrogen) atoms. The first-order valence-electron chi connectivity index (χ1n) is 7.51. The highest BCUT2D eigenvalue weighted by atomic mass is 19.1. The smallest absolute Gasteiger partial charge is 0.259 e. The first-order valence-corrected chi connectivity index (χ1v) is 7.51. The highest BCUT2D eigenvalue weighted by molar-refractivity contribution is 6.03. The summed E-state index contributed by atoms with van der Waals surface area (Å²) >= 11 is 0. The summed E-state index contributed by atoms with van der Waals surface area (Å²) in [6.45, 7) is 0. The Bertz CT molecular complexity index is 651. The van der Waals surface area contributed by atoms with Crippen molar-refractivity contribution in [3.8, 4) is 0 Å². The molecule has 1 aromatic carbocycles. The molecule has 1 heterocycles. The summed E-state index contributed by atoms with van der Waals surface area (Å²) in [5.41, 5.74) is 0.952. The van der Waals surface area contributed by atoms with Gasteiger partial charge in [-0.3, -0.25) is 4.79 Å². The van der Waals surface area contributed by atoms with Crippen LogP contribution in [0.2, 0.25) is 0 Å². The number of benzene rings is 1. The van der Waals surface area contributed by atoms with Crippen LogP contribution in [0.15, 0.2) is 42.6 Å². The van der Waals surface area contributed by atoms with Gasteiger partial charge >= 0.3 is 0 Å². The van der Waals surface area contributed by atoms with E-state index in [4.69, 9.17) is 0 Å². The van der Waals surface area contributed by atoms with Gasteiger partial charge in [0, 0.05) is 6.04 Å². The van der Waals surface area contributed by atoms with E-state index in [2.05, 4.69) is 15.6 Å². The molecule has 2 N–H and O–H groups in total. The van der Waals surface area contributed by atoms with Gasteiger partial charge in [-0.1, -0.05) is 25.0 Å². The highest BCUT2D eigenvalue weighted by Gasteiger charge is 2.15.